The van der Waals surface area contributed by atoms with Crippen LogP contribution in [0.15, 0.2) is 36.4 Å². The minimum absolute atomic E-state index is 0.0204. The molecule has 0 aliphatic rings. The van der Waals surface area contributed by atoms with E-state index >= 15 is 0 Å². The van der Waals surface area contributed by atoms with E-state index in [1.54, 1.807) is 0 Å². The first-order valence-corrected chi connectivity index (χ1v) is 6.65. The molecule has 2 aromatic carbocycles. The number of hydrogen-bond donors (Lipinski definition) is 0. The molecular formula is C17H20O. The van der Waals surface area contributed by atoms with E-state index in [1.807, 2.05) is 0 Å². The molecule has 2 aromatic rings. The average molecular weight is 240 g/mol. The van der Waals surface area contributed by atoms with Gasteiger partial charge in [-0.05, 0) is 34.2 Å². The number of fused-ring (bicyclic) bond motifs is 1. The summed E-state index contributed by atoms with van der Waals surface area (Å²) >= 11 is 0. The van der Waals surface area contributed by atoms with Crippen molar-refractivity contribution in [2.45, 2.75) is 39.0 Å². The molecule has 0 spiro atoms. The minimum atomic E-state index is 0.0204. The highest BCUT2D eigenvalue weighted by molar-refractivity contribution is 5.88. The molecule has 0 bridgehead atoms. The van der Waals surface area contributed by atoms with Gasteiger partial charge in [-0.1, -0.05) is 57.2 Å². The van der Waals surface area contributed by atoms with Gasteiger partial charge in [0.25, 0.3) is 0 Å². The van der Waals surface area contributed by atoms with E-state index < -0.39 is 0 Å². The first kappa shape index (κ1) is 12.8. The molecule has 0 saturated carbocycles. The van der Waals surface area contributed by atoms with E-state index in [4.69, 9.17) is 0 Å². The Hall–Kier alpha value is -1.63. The van der Waals surface area contributed by atoms with Gasteiger partial charge in [0.1, 0.15) is 6.29 Å². The second kappa shape index (κ2) is 5.34. The van der Waals surface area contributed by atoms with E-state index in [9.17, 15) is 4.79 Å². The minimum Gasteiger partial charge on any atom is -0.303 e. The number of benzene rings is 2. The van der Waals surface area contributed by atoms with E-state index in [2.05, 4.69) is 57.2 Å². The summed E-state index contributed by atoms with van der Waals surface area (Å²) in [4.78, 5) is 11.2. The highest BCUT2D eigenvalue weighted by Crippen LogP contribution is 2.33. The predicted octanol–water partition coefficient (Wildman–Crippen LogP) is 4.66. The molecule has 0 aliphatic carbocycles. The number of hydrogen-bond acceptors (Lipinski definition) is 1. The highest BCUT2D eigenvalue weighted by Gasteiger charge is 2.17. The van der Waals surface area contributed by atoms with Crippen molar-refractivity contribution in [2.24, 2.45) is 0 Å². The van der Waals surface area contributed by atoms with Crippen molar-refractivity contribution in [3.8, 4) is 0 Å². The van der Waals surface area contributed by atoms with Crippen LogP contribution < -0.4 is 0 Å². The third-order valence-corrected chi connectivity index (χ3v) is 3.59. The monoisotopic (exact) mass is 240 g/mol. The van der Waals surface area contributed by atoms with Crippen LogP contribution in [0.25, 0.3) is 10.8 Å². The Kier molecular flexibility index (Phi) is 3.81. The van der Waals surface area contributed by atoms with Gasteiger partial charge < -0.3 is 4.79 Å². The zero-order valence-corrected chi connectivity index (χ0v) is 11.3. The molecule has 0 saturated heterocycles. The van der Waals surface area contributed by atoms with Gasteiger partial charge in [0.05, 0.1) is 0 Å². The van der Waals surface area contributed by atoms with Crippen molar-refractivity contribution in [3.63, 3.8) is 0 Å². The lowest BCUT2D eigenvalue weighted by Gasteiger charge is -2.19. The molecule has 1 heteroatoms. The first-order valence-electron chi connectivity index (χ1n) is 6.65. The fourth-order valence-corrected chi connectivity index (χ4v) is 2.67. The quantitative estimate of drug-likeness (QED) is 0.711. The van der Waals surface area contributed by atoms with Gasteiger partial charge in [0, 0.05) is 5.92 Å². The van der Waals surface area contributed by atoms with E-state index in [-0.39, 0.29) is 5.92 Å². The summed E-state index contributed by atoms with van der Waals surface area (Å²) in [7, 11) is 0. The summed E-state index contributed by atoms with van der Waals surface area (Å²) in [5.74, 6) is 0.451. The molecule has 0 N–H and O–H groups in total. The third-order valence-electron chi connectivity index (χ3n) is 3.59. The van der Waals surface area contributed by atoms with E-state index in [0.29, 0.717) is 5.92 Å². The molecule has 1 unspecified atom stereocenters. The number of carbonyl (C=O) groups is 1. The van der Waals surface area contributed by atoms with Crippen molar-refractivity contribution in [1.82, 2.24) is 0 Å². The second-order valence-electron chi connectivity index (χ2n) is 5.10. The van der Waals surface area contributed by atoms with E-state index in [1.165, 1.54) is 21.9 Å². The van der Waals surface area contributed by atoms with Gasteiger partial charge in [-0.15, -0.1) is 0 Å². The van der Waals surface area contributed by atoms with E-state index in [0.717, 1.165) is 12.7 Å². The van der Waals surface area contributed by atoms with Crippen LogP contribution in [0.1, 0.15) is 50.2 Å². The Bertz CT molecular complexity index is 555. The van der Waals surface area contributed by atoms with Crippen LogP contribution in [0.2, 0.25) is 0 Å². The van der Waals surface area contributed by atoms with Crippen LogP contribution >= 0.6 is 0 Å². The lowest BCUT2D eigenvalue weighted by molar-refractivity contribution is -0.109. The molecule has 1 nitrogen and oxygen atoms in total. The first-order chi connectivity index (χ1) is 8.69. The summed E-state index contributed by atoms with van der Waals surface area (Å²) in [5.41, 5.74) is 2.52. The fraction of sp³-hybridized carbons (Fsp3) is 0.353. The van der Waals surface area contributed by atoms with Gasteiger partial charge in [-0.2, -0.15) is 0 Å². The number of carbonyl (C=O) groups excluding carboxylic acids is 1. The third kappa shape index (κ3) is 2.17. The largest absolute Gasteiger partial charge is 0.303 e. The van der Waals surface area contributed by atoms with Crippen molar-refractivity contribution in [3.05, 3.63) is 47.5 Å². The molecule has 2 rings (SSSR count). The number of aldehydes is 1. The molecule has 0 aromatic heterocycles. The molecule has 0 radical (unpaired) electrons. The standard InChI is InChI=1S/C17H20O/c1-4-13(11-18)16-10-9-14-7-5-6-8-15(14)17(16)12(2)3/h5-13H,4H2,1-3H3. The Morgan fingerprint density at radius 3 is 2.44 bits per heavy atom. The van der Waals surface area contributed by atoms with Crippen LogP contribution in [0.4, 0.5) is 0 Å². The van der Waals surface area contributed by atoms with Gasteiger partial charge in [-0.3, -0.25) is 0 Å². The van der Waals surface area contributed by atoms with Crippen molar-refractivity contribution >= 4 is 17.1 Å². The Morgan fingerprint density at radius 1 is 1.11 bits per heavy atom. The average Bonchev–Trinajstić information content (AvgIpc) is 2.39. The summed E-state index contributed by atoms with van der Waals surface area (Å²) in [6.45, 7) is 6.46. The second-order valence-corrected chi connectivity index (χ2v) is 5.10. The molecule has 18 heavy (non-hydrogen) atoms. The topological polar surface area (TPSA) is 17.1 Å². The molecular weight excluding hydrogens is 220 g/mol. The summed E-state index contributed by atoms with van der Waals surface area (Å²) in [6.07, 6.45) is 1.94. The maximum Gasteiger partial charge on any atom is 0.127 e. The normalized spacial score (nSPS) is 12.9. The van der Waals surface area contributed by atoms with Crippen molar-refractivity contribution in [1.29, 1.82) is 0 Å². The molecule has 0 heterocycles. The van der Waals surface area contributed by atoms with Crippen LogP contribution in [0.3, 0.4) is 0 Å². The summed E-state index contributed by atoms with van der Waals surface area (Å²) in [5, 5.41) is 2.54. The number of rotatable bonds is 4. The summed E-state index contributed by atoms with van der Waals surface area (Å²) in [6, 6.07) is 12.7. The predicted molar refractivity (Wildman–Crippen MR) is 77.1 cm³/mol. The smallest absolute Gasteiger partial charge is 0.127 e. The maximum atomic E-state index is 11.2. The van der Waals surface area contributed by atoms with Crippen LogP contribution in [-0.4, -0.2) is 6.29 Å². The van der Waals surface area contributed by atoms with Gasteiger partial charge in [-0.25, -0.2) is 0 Å². The van der Waals surface area contributed by atoms with Gasteiger partial charge >= 0.3 is 0 Å². The SMILES string of the molecule is CCC(C=O)c1ccc2ccccc2c1C(C)C. The Morgan fingerprint density at radius 2 is 1.83 bits per heavy atom. The fourth-order valence-electron chi connectivity index (χ4n) is 2.67. The van der Waals surface area contributed by atoms with Crippen LogP contribution in [-0.2, 0) is 4.79 Å². The summed E-state index contributed by atoms with van der Waals surface area (Å²) < 4.78 is 0. The lowest BCUT2D eigenvalue weighted by atomic mass is 9.85. The van der Waals surface area contributed by atoms with Gasteiger partial charge in [0.15, 0.2) is 0 Å². The van der Waals surface area contributed by atoms with Gasteiger partial charge in [0.2, 0.25) is 0 Å². The molecule has 0 fully saturated rings. The molecule has 0 amide bonds. The Balaban J connectivity index is 2.73. The molecule has 1 atom stereocenters. The molecule has 0 aliphatic heterocycles. The van der Waals surface area contributed by atoms with Crippen LogP contribution in [0.5, 0.6) is 0 Å². The van der Waals surface area contributed by atoms with Crippen LogP contribution in [0, 0.1) is 0 Å². The molecule has 94 valence electrons. The maximum absolute atomic E-state index is 11.2. The zero-order valence-electron chi connectivity index (χ0n) is 11.3. The van der Waals surface area contributed by atoms with Crippen molar-refractivity contribution < 1.29 is 4.79 Å². The lowest BCUT2D eigenvalue weighted by Crippen LogP contribution is -2.05. The van der Waals surface area contributed by atoms with Crippen molar-refractivity contribution in [2.75, 3.05) is 0 Å². The Labute approximate surface area is 109 Å². The zero-order chi connectivity index (χ0) is 13.1. The highest BCUT2D eigenvalue weighted by atomic mass is 16.1.